The normalized spacial score (nSPS) is 27.6. The molecule has 5 rings (SSSR count). The van der Waals surface area contributed by atoms with E-state index in [2.05, 4.69) is 4.98 Å². The molecular formula is C22H21ClN2O5S. The van der Waals surface area contributed by atoms with Gasteiger partial charge in [-0.2, -0.15) is 0 Å². The number of fused-ring (bicyclic) bond motifs is 1. The molecular weight excluding hydrogens is 440 g/mol. The molecule has 0 radical (unpaired) electrons. The van der Waals surface area contributed by atoms with Gasteiger partial charge in [-0.1, -0.05) is 0 Å². The fraction of sp³-hybridized carbons (Fsp3) is 0.409. The molecule has 0 spiro atoms. The molecule has 1 fully saturated rings. The van der Waals surface area contributed by atoms with Crippen LogP contribution in [-0.2, 0) is 14.3 Å². The van der Waals surface area contributed by atoms with Crippen molar-refractivity contribution in [3.8, 4) is 11.5 Å². The van der Waals surface area contributed by atoms with Crippen LogP contribution in [0.2, 0.25) is 0 Å². The van der Waals surface area contributed by atoms with Gasteiger partial charge in [-0.05, 0) is 37.5 Å². The quantitative estimate of drug-likeness (QED) is 0.644. The minimum Gasteiger partial charge on any atom is -0.497 e. The SMILES string of the molecule is COc1ccc(OC)c(C2C3=C(OC4CCC(Cl)CC4C3=O)C(=O)N2c2nccs2)c1. The molecule has 31 heavy (non-hydrogen) atoms. The van der Waals surface area contributed by atoms with E-state index in [0.29, 0.717) is 40.6 Å². The number of aromatic nitrogens is 1. The number of thiazole rings is 1. The van der Waals surface area contributed by atoms with E-state index in [-0.39, 0.29) is 34.8 Å². The average molecular weight is 461 g/mol. The number of anilines is 1. The van der Waals surface area contributed by atoms with Crippen molar-refractivity contribution in [3.05, 3.63) is 46.7 Å². The van der Waals surface area contributed by atoms with Crippen molar-refractivity contribution in [2.45, 2.75) is 36.8 Å². The summed E-state index contributed by atoms with van der Waals surface area (Å²) in [5, 5.41) is 2.21. The molecule has 1 aliphatic carbocycles. The second-order valence-corrected chi connectivity index (χ2v) is 9.27. The van der Waals surface area contributed by atoms with Crippen molar-refractivity contribution in [2.75, 3.05) is 19.1 Å². The Balaban J connectivity index is 1.69. The van der Waals surface area contributed by atoms with Crippen LogP contribution in [0.15, 0.2) is 41.1 Å². The lowest BCUT2D eigenvalue weighted by Gasteiger charge is -2.37. The first kappa shape index (κ1) is 20.3. The van der Waals surface area contributed by atoms with Gasteiger partial charge in [0.15, 0.2) is 16.7 Å². The van der Waals surface area contributed by atoms with E-state index in [1.807, 2.05) is 0 Å². The highest BCUT2D eigenvalue weighted by atomic mass is 35.5. The molecule has 1 saturated carbocycles. The number of benzene rings is 1. The third-order valence-corrected chi connectivity index (χ3v) is 7.31. The Bertz CT molecular complexity index is 1070. The highest BCUT2D eigenvalue weighted by Crippen LogP contribution is 2.51. The van der Waals surface area contributed by atoms with Gasteiger partial charge >= 0.3 is 0 Å². The molecule has 9 heteroatoms. The van der Waals surface area contributed by atoms with E-state index in [9.17, 15) is 9.59 Å². The molecule has 3 aliphatic rings. The molecule has 4 atom stereocenters. The molecule has 2 aromatic rings. The molecule has 3 heterocycles. The second kappa shape index (κ2) is 7.84. The number of carbonyl (C=O) groups excluding carboxylic acids is 2. The number of Topliss-reactive ketones (excluding diaryl/α,β-unsaturated/α-hetero) is 1. The Morgan fingerprint density at radius 1 is 1.23 bits per heavy atom. The lowest BCUT2D eigenvalue weighted by Crippen LogP contribution is -2.41. The maximum Gasteiger partial charge on any atom is 0.296 e. The summed E-state index contributed by atoms with van der Waals surface area (Å²) >= 11 is 7.70. The lowest BCUT2D eigenvalue weighted by molar-refractivity contribution is -0.131. The molecule has 162 valence electrons. The van der Waals surface area contributed by atoms with Crippen molar-refractivity contribution in [2.24, 2.45) is 5.92 Å². The summed E-state index contributed by atoms with van der Waals surface area (Å²) < 4.78 is 17.2. The van der Waals surface area contributed by atoms with Crippen molar-refractivity contribution < 1.29 is 23.8 Å². The van der Waals surface area contributed by atoms with Crippen molar-refractivity contribution in [1.82, 2.24) is 4.98 Å². The van der Waals surface area contributed by atoms with E-state index >= 15 is 0 Å². The standard InChI is InChI=1S/C22H21ClN2O5S/c1-28-12-4-6-15(29-2)13(10-12)18-17-19(26)14-9-11(23)3-5-16(14)30-20(17)21(27)25(18)22-24-7-8-31-22/h4,6-8,10-11,14,16,18H,3,5,9H2,1-2H3. The van der Waals surface area contributed by atoms with Gasteiger partial charge < -0.3 is 14.2 Å². The molecule has 4 unspecified atom stereocenters. The molecule has 0 N–H and O–H groups in total. The van der Waals surface area contributed by atoms with E-state index in [1.165, 1.54) is 16.2 Å². The largest absolute Gasteiger partial charge is 0.497 e. The summed E-state index contributed by atoms with van der Waals surface area (Å²) in [6, 6.07) is 4.61. The summed E-state index contributed by atoms with van der Waals surface area (Å²) in [6.07, 6.45) is 3.25. The first-order valence-corrected chi connectivity index (χ1v) is 11.4. The van der Waals surface area contributed by atoms with Crippen molar-refractivity contribution in [3.63, 3.8) is 0 Å². The summed E-state index contributed by atoms with van der Waals surface area (Å²) in [4.78, 5) is 33.1. The van der Waals surface area contributed by atoms with Crippen LogP contribution in [0, 0.1) is 5.92 Å². The van der Waals surface area contributed by atoms with E-state index in [0.717, 1.165) is 6.42 Å². The number of halogens is 1. The highest BCUT2D eigenvalue weighted by Gasteiger charge is 2.54. The predicted octanol–water partition coefficient (Wildman–Crippen LogP) is 3.88. The van der Waals surface area contributed by atoms with Gasteiger partial charge in [-0.3, -0.25) is 14.5 Å². The number of rotatable bonds is 4. The van der Waals surface area contributed by atoms with E-state index in [1.54, 1.807) is 44.0 Å². The lowest BCUT2D eigenvalue weighted by atomic mass is 9.77. The number of nitrogens with zero attached hydrogens (tertiary/aromatic N) is 2. The molecule has 0 saturated heterocycles. The zero-order valence-corrected chi connectivity index (χ0v) is 18.6. The maximum absolute atomic E-state index is 13.7. The number of carbonyl (C=O) groups is 2. The van der Waals surface area contributed by atoms with Crippen LogP contribution in [0.5, 0.6) is 11.5 Å². The monoisotopic (exact) mass is 460 g/mol. The van der Waals surface area contributed by atoms with Gasteiger partial charge in [-0.25, -0.2) is 4.98 Å². The molecule has 1 amide bonds. The second-order valence-electron chi connectivity index (χ2n) is 7.78. The van der Waals surface area contributed by atoms with Crippen LogP contribution < -0.4 is 14.4 Å². The van der Waals surface area contributed by atoms with Crippen LogP contribution in [0.4, 0.5) is 5.13 Å². The topological polar surface area (TPSA) is 78.0 Å². The number of alkyl halides is 1. The third-order valence-electron chi connectivity index (χ3n) is 6.14. The summed E-state index contributed by atoms with van der Waals surface area (Å²) in [5.74, 6) is 0.445. The fourth-order valence-electron chi connectivity index (χ4n) is 4.70. The average Bonchev–Trinajstić information content (AvgIpc) is 3.40. The highest BCUT2D eigenvalue weighted by molar-refractivity contribution is 7.13. The van der Waals surface area contributed by atoms with Crippen LogP contribution in [0.25, 0.3) is 0 Å². The molecule has 1 aromatic carbocycles. The van der Waals surface area contributed by atoms with Crippen LogP contribution >= 0.6 is 22.9 Å². The first-order valence-electron chi connectivity index (χ1n) is 10.1. The fourth-order valence-corrected chi connectivity index (χ4v) is 5.68. The van der Waals surface area contributed by atoms with Gasteiger partial charge in [0, 0.05) is 22.5 Å². The molecule has 7 nitrogen and oxygen atoms in total. The molecule has 0 bridgehead atoms. The number of methoxy groups -OCH3 is 2. The Morgan fingerprint density at radius 3 is 2.77 bits per heavy atom. The number of ketones is 1. The Labute approximate surface area is 188 Å². The predicted molar refractivity (Wildman–Crippen MR) is 116 cm³/mol. The number of ether oxygens (including phenoxy) is 3. The van der Waals surface area contributed by atoms with Gasteiger partial charge in [0.25, 0.3) is 5.91 Å². The molecule has 1 aromatic heterocycles. The van der Waals surface area contributed by atoms with Gasteiger partial charge in [0.05, 0.1) is 25.7 Å². The summed E-state index contributed by atoms with van der Waals surface area (Å²) in [6.45, 7) is 0. The zero-order valence-electron chi connectivity index (χ0n) is 17.0. The zero-order chi connectivity index (χ0) is 21.7. The van der Waals surface area contributed by atoms with Gasteiger partial charge in [0.2, 0.25) is 0 Å². The van der Waals surface area contributed by atoms with E-state index < -0.39 is 6.04 Å². The number of amides is 1. The van der Waals surface area contributed by atoms with Crippen LogP contribution in [-0.4, -0.2) is 42.4 Å². The Morgan fingerprint density at radius 2 is 2.06 bits per heavy atom. The maximum atomic E-state index is 13.7. The number of hydrogen-bond acceptors (Lipinski definition) is 7. The van der Waals surface area contributed by atoms with Crippen LogP contribution in [0.1, 0.15) is 30.9 Å². The molecule has 2 aliphatic heterocycles. The van der Waals surface area contributed by atoms with Gasteiger partial charge in [0.1, 0.15) is 23.6 Å². The minimum absolute atomic E-state index is 0.0760. The number of hydrogen-bond donors (Lipinski definition) is 0. The Kier molecular flexibility index (Phi) is 5.14. The van der Waals surface area contributed by atoms with Crippen molar-refractivity contribution in [1.29, 1.82) is 0 Å². The third kappa shape index (κ3) is 3.20. The first-order chi connectivity index (χ1) is 15.0. The van der Waals surface area contributed by atoms with Crippen LogP contribution in [0.3, 0.4) is 0 Å². The van der Waals surface area contributed by atoms with Gasteiger partial charge in [-0.15, -0.1) is 22.9 Å². The Hall–Kier alpha value is -2.58. The summed E-state index contributed by atoms with van der Waals surface area (Å²) in [5.41, 5.74) is 0.989. The summed E-state index contributed by atoms with van der Waals surface area (Å²) in [7, 11) is 3.12. The van der Waals surface area contributed by atoms with E-state index in [4.69, 9.17) is 25.8 Å². The minimum atomic E-state index is -0.720. The van der Waals surface area contributed by atoms with Crippen molar-refractivity contribution >= 4 is 39.8 Å². The smallest absolute Gasteiger partial charge is 0.296 e.